The zero-order chi connectivity index (χ0) is 12.1. The van der Waals surface area contributed by atoms with Gasteiger partial charge in [0.15, 0.2) is 0 Å². The SMILES string of the molecule is COc1ccc(N2CC[NH+](CC[NH3+])CC2)cc1. The quantitative estimate of drug-likeness (QED) is 0.679. The van der Waals surface area contributed by atoms with E-state index in [1.165, 1.54) is 25.3 Å². The lowest BCUT2D eigenvalue weighted by Crippen LogP contribution is -3.16. The van der Waals surface area contributed by atoms with Crippen LogP contribution >= 0.6 is 0 Å². The average molecular weight is 237 g/mol. The standard InChI is InChI=1S/C13H21N3O/c1-17-13-4-2-12(3-5-13)16-10-8-15(7-6-14)9-11-16/h2-5H,6-11,14H2,1H3/p+2. The van der Waals surface area contributed by atoms with Gasteiger partial charge in [-0.2, -0.15) is 0 Å². The first kappa shape index (κ1) is 12.2. The van der Waals surface area contributed by atoms with Crippen LogP contribution in [0.2, 0.25) is 0 Å². The summed E-state index contributed by atoms with van der Waals surface area (Å²) in [6, 6.07) is 8.35. The first-order chi connectivity index (χ1) is 8.33. The van der Waals surface area contributed by atoms with Crippen molar-refractivity contribution in [3.05, 3.63) is 24.3 Å². The van der Waals surface area contributed by atoms with Gasteiger partial charge >= 0.3 is 0 Å². The van der Waals surface area contributed by atoms with Gasteiger partial charge in [0.25, 0.3) is 0 Å². The van der Waals surface area contributed by atoms with Gasteiger partial charge in [0.1, 0.15) is 18.8 Å². The van der Waals surface area contributed by atoms with Crippen molar-refractivity contribution in [1.29, 1.82) is 0 Å². The third-order valence-corrected chi connectivity index (χ3v) is 3.44. The van der Waals surface area contributed by atoms with E-state index in [0.717, 1.165) is 25.4 Å². The lowest BCUT2D eigenvalue weighted by atomic mass is 10.2. The molecule has 1 aliphatic heterocycles. The number of nitrogens with one attached hydrogen (secondary N) is 1. The Labute approximate surface area is 103 Å². The molecule has 1 fully saturated rings. The molecule has 94 valence electrons. The summed E-state index contributed by atoms with van der Waals surface area (Å²) in [7, 11) is 1.70. The largest absolute Gasteiger partial charge is 0.497 e. The molecule has 0 radical (unpaired) electrons. The molecule has 0 atom stereocenters. The van der Waals surface area contributed by atoms with Gasteiger partial charge in [-0.3, -0.25) is 0 Å². The van der Waals surface area contributed by atoms with Crippen LogP contribution in [0.1, 0.15) is 0 Å². The Morgan fingerprint density at radius 3 is 2.41 bits per heavy atom. The predicted octanol–water partition coefficient (Wildman–Crippen LogP) is -1.36. The number of quaternary nitrogens is 2. The Hall–Kier alpha value is -1.26. The topological polar surface area (TPSA) is 44.5 Å². The lowest BCUT2D eigenvalue weighted by molar-refractivity contribution is -0.905. The Morgan fingerprint density at radius 2 is 1.88 bits per heavy atom. The number of hydrogen-bond acceptors (Lipinski definition) is 2. The van der Waals surface area contributed by atoms with E-state index in [1.54, 1.807) is 12.0 Å². The summed E-state index contributed by atoms with van der Waals surface area (Å²) in [4.78, 5) is 4.14. The molecule has 17 heavy (non-hydrogen) atoms. The number of hydrogen-bond donors (Lipinski definition) is 2. The Kier molecular flexibility index (Phi) is 4.23. The molecule has 0 spiro atoms. The molecular weight excluding hydrogens is 214 g/mol. The smallest absolute Gasteiger partial charge is 0.127 e. The number of methoxy groups -OCH3 is 1. The Bertz CT molecular complexity index is 331. The summed E-state index contributed by atoms with van der Waals surface area (Å²) in [5, 5.41) is 0. The highest BCUT2D eigenvalue weighted by Crippen LogP contribution is 2.18. The fourth-order valence-electron chi connectivity index (χ4n) is 2.37. The van der Waals surface area contributed by atoms with Crippen molar-refractivity contribution < 1.29 is 15.4 Å². The number of benzene rings is 1. The molecule has 4 nitrogen and oxygen atoms in total. The maximum Gasteiger partial charge on any atom is 0.127 e. The van der Waals surface area contributed by atoms with Crippen LogP contribution in [0, 0.1) is 0 Å². The van der Waals surface area contributed by atoms with E-state index in [2.05, 4.69) is 22.8 Å². The Morgan fingerprint density at radius 1 is 1.24 bits per heavy atom. The number of rotatable bonds is 4. The molecule has 0 unspecified atom stereocenters. The van der Waals surface area contributed by atoms with E-state index in [1.807, 2.05) is 12.1 Å². The highest BCUT2D eigenvalue weighted by atomic mass is 16.5. The molecular formula is C13H23N3O+2. The van der Waals surface area contributed by atoms with Gasteiger partial charge in [0, 0.05) is 5.69 Å². The molecule has 0 saturated carbocycles. The highest BCUT2D eigenvalue weighted by Gasteiger charge is 2.19. The van der Waals surface area contributed by atoms with Crippen molar-refractivity contribution in [1.82, 2.24) is 0 Å². The minimum Gasteiger partial charge on any atom is -0.497 e. The van der Waals surface area contributed by atoms with Crippen molar-refractivity contribution in [3.63, 3.8) is 0 Å². The van der Waals surface area contributed by atoms with Gasteiger partial charge in [-0.05, 0) is 24.3 Å². The zero-order valence-electron chi connectivity index (χ0n) is 10.6. The number of anilines is 1. The minimum absolute atomic E-state index is 0.926. The molecule has 2 rings (SSSR count). The summed E-state index contributed by atoms with van der Waals surface area (Å²) in [5.74, 6) is 0.926. The first-order valence-electron chi connectivity index (χ1n) is 6.35. The molecule has 4 N–H and O–H groups in total. The van der Waals surface area contributed by atoms with E-state index >= 15 is 0 Å². The molecule has 0 amide bonds. The van der Waals surface area contributed by atoms with Gasteiger partial charge in [0.2, 0.25) is 0 Å². The van der Waals surface area contributed by atoms with Gasteiger partial charge in [-0.15, -0.1) is 0 Å². The van der Waals surface area contributed by atoms with Crippen LogP contribution in [0.4, 0.5) is 5.69 Å². The number of piperazine rings is 1. The van der Waals surface area contributed by atoms with E-state index in [-0.39, 0.29) is 0 Å². The lowest BCUT2D eigenvalue weighted by Gasteiger charge is -2.33. The first-order valence-corrected chi connectivity index (χ1v) is 6.35. The maximum atomic E-state index is 5.18. The van der Waals surface area contributed by atoms with Gasteiger partial charge in [-0.25, -0.2) is 0 Å². The van der Waals surface area contributed by atoms with Crippen LogP contribution in [0.3, 0.4) is 0 Å². The molecule has 1 aromatic carbocycles. The normalized spacial score (nSPS) is 17.2. The van der Waals surface area contributed by atoms with Crippen molar-refractivity contribution in [2.75, 3.05) is 51.3 Å². The second-order valence-corrected chi connectivity index (χ2v) is 4.54. The minimum atomic E-state index is 0.926. The molecule has 1 heterocycles. The van der Waals surface area contributed by atoms with E-state index in [4.69, 9.17) is 4.74 Å². The molecule has 0 aliphatic carbocycles. The van der Waals surface area contributed by atoms with E-state index in [9.17, 15) is 0 Å². The summed E-state index contributed by atoms with van der Waals surface area (Å²) in [6.45, 7) is 6.97. The van der Waals surface area contributed by atoms with E-state index < -0.39 is 0 Å². The Balaban J connectivity index is 1.91. The summed E-state index contributed by atoms with van der Waals surface area (Å²) < 4.78 is 5.18. The monoisotopic (exact) mass is 237 g/mol. The highest BCUT2D eigenvalue weighted by molar-refractivity contribution is 5.49. The third-order valence-electron chi connectivity index (χ3n) is 3.44. The van der Waals surface area contributed by atoms with Crippen molar-refractivity contribution in [3.8, 4) is 5.75 Å². The van der Waals surface area contributed by atoms with Crippen LogP contribution in [-0.2, 0) is 0 Å². The van der Waals surface area contributed by atoms with Crippen molar-refractivity contribution >= 4 is 5.69 Å². The number of ether oxygens (including phenoxy) is 1. The van der Waals surface area contributed by atoms with Crippen molar-refractivity contribution in [2.45, 2.75) is 0 Å². The number of nitrogens with zero attached hydrogens (tertiary/aromatic N) is 1. The zero-order valence-corrected chi connectivity index (χ0v) is 10.6. The molecule has 0 aromatic heterocycles. The van der Waals surface area contributed by atoms with E-state index in [0.29, 0.717) is 0 Å². The van der Waals surface area contributed by atoms with Crippen LogP contribution in [0.15, 0.2) is 24.3 Å². The molecule has 4 heteroatoms. The second-order valence-electron chi connectivity index (χ2n) is 4.54. The molecule has 1 aliphatic rings. The summed E-state index contributed by atoms with van der Waals surface area (Å²) >= 11 is 0. The molecule has 1 saturated heterocycles. The van der Waals surface area contributed by atoms with Crippen LogP contribution in [-0.4, -0.2) is 46.4 Å². The van der Waals surface area contributed by atoms with Crippen LogP contribution < -0.4 is 20.3 Å². The fraction of sp³-hybridized carbons (Fsp3) is 0.538. The average Bonchev–Trinajstić information content (AvgIpc) is 2.40. The van der Waals surface area contributed by atoms with Crippen LogP contribution in [0.5, 0.6) is 5.75 Å². The fourth-order valence-corrected chi connectivity index (χ4v) is 2.37. The molecule has 1 aromatic rings. The second kappa shape index (κ2) is 5.89. The summed E-state index contributed by atoms with van der Waals surface area (Å²) in [5.41, 5.74) is 5.23. The van der Waals surface area contributed by atoms with Gasteiger partial charge in [0.05, 0.1) is 33.3 Å². The third kappa shape index (κ3) is 3.11. The van der Waals surface area contributed by atoms with Gasteiger partial charge in [-0.1, -0.05) is 0 Å². The van der Waals surface area contributed by atoms with Crippen LogP contribution in [0.25, 0.3) is 0 Å². The summed E-state index contributed by atoms with van der Waals surface area (Å²) in [6.07, 6.45) is 0. The maximum absolute atomic E-state index is 5.18. The van der Waals surface area contributed by atoms with Gasteiger partial charge < -0.3 is 20.3 Å². The molecule has 0 bridgehead atoms. The predicted molar refractivity (Wildman–Crippen MR) is 68.5 cm³/mol. The van der Waals surface area contributed by atoms with Crippen molar-refractivity contribution in [2.24, 2.45) is 0 Å².